The average molecular weight is 229 g/mol. The molecule has 1 aliphatic rings. The molecule has 1 nitrogen and oxygen atoms in total. The largest absolute Gasteiger partial charge is 0.292 e. The molecule has 0 radical (unpaired) electrons. The fourth-order valence-electron chi connectivity index (χ4n) is 2.53. The molecule has 0 bridgehead atoms. The van der Waals surface area contributed by atoms with Crippen LogP contribution >= 0.6 is 0 Å². The molecule has 1 heterocycles. The first-order chi connectivity index (χ1) is 8.18. The Balaban J connectivity index is 2.11. The minimum atomic E-state index is 0.630. The van der Waals surface area contributed by atoms with Gasteiger partial charge in [-0.2, -0.15) is 0 Å². The van der Waals surface area contributed by atoms with Gasteiger partial charge in [0.05, 0.1) is 0 Å². The quantitative estimate of drug-likeness (QED) is 0.703. The zero-order chi connectivity index (χ0) is 12.3. The molecule has 2 rings (SSSR count). The Morgan fingerprint density at radius 3 is 2.53 bits per heavy atom. The number of rotatable bonds is 3. The van der Waals surface area contributed by atoms with E-state index in [0.717, 1.165) is 6.54 Å². The zero-order valence-electron chi connectivity index (χ0n) is 11.2. The summed E-state index contributed by atoms with van der Waals surface area (Å²) in [5.41, 5.74) is 4.46. The highest BCUT2D eigenvalue weighted by atomic mass is 15.2. The number of allylic oxidation sites excluding steroid dienone is 1. The van der Waals surface area contributed by atoms with Crippen molar-refractivity contribution in [2.75, 3.05) is 13.1 Å². The molecule has 1 heteroatoms. The third-order valence-electron chi connectivity index (χ3n) is 3.84. The van der Waals surface area contributed by atoms with Crippen LogP contribution in [0.1, 0.15) is 45.2 Å². The lowest BCUT2D eigenvalue weighted by atomic mass is 10.0. The predicted octanol–water partition coefficient (Wildman–Crippen LogP) is 4.18. The Morgan fingerprint density at radius 2 is 1.88 bits per heavy atom. The van der Waals surface area contributed by atoms with Gasteiger partial charge in [-0.1, -0.05) is 41.5 Å². The predicted molar refractivity (Wildman–Crippen MR) is 74.0 cm³/mol. The van der Waals surface area contributed by atoms with E-state index in [0.29, 0.717) is 6.04 Å². The monoisotopic (exact) mass is 229 g/mol. The summed E-state index contributed by atoms with van der Waals surface area (Å²) >= 11 is 0. The van der Waals surface area contributed by atoms with Gasteiger partial charge in [0, 0.05) is 12.6 Å². The highest BCUT2D eigenvalue weighted by molar-refractivity contribution is 5.21. The van der Waals surface area contributed by atoms with Crippen LogP contribution in [0.2, 0.25) is 0 Å². The van der Waals surface area contributed by atoms with Crippen molar-refractivity contribution in [2.24, 2.45) is 0 Å². The van der Waals surface area contributed by atoms with Crippen LogP contribution in [0.4, 0.5) is 0 Å². The van der Waals surface area contributed by atoms with Gasteiger partial charge in [0.2, 0.25) is 0 Å². The normalized spacial score (nSPS) is 20.5. The number of benzene rings is 1. The van der Waals surface area contributed by atoms with Crippen LogP contribution in [-0.2, 0) is 0 Å². The van der Waals surface area contributed by atoms with Crippen molar-refractivity contribution in [3.8, 4) is 0 Å². The topological polar surface area (TPSA) is 3.24 Å². The van der Waals surface area contributed by atoms with Gasteiger partial charge in [-0.25, -0.2) is 0 Å². The Morgan fingerprint density at radius 1 is 1.18 bits per heavy atom. The van der Waals surface area contributed by atoms with Crippen molar-refractivity contribution in [3.63, 3.8) is 0 Å². The maximum atomic E-state index is 2.62. The molecule has 1 aromatic carbocycles. The molecular weight excluding hydrogens is 206 g/mol. The number of hydrogen-bond acceptors (Lipinski definition) is 1. The van der Waals surface area contributed by atoms with Crippen molar-refractivity contribution >= 4 is 0 Å². The molecule has 0 spiro atoms. The van der Waals surface area contributed by atoms with Crippen LogP contribution in [0.5, 0.6) is 0 Å². The van der Waals surface area contributed by atoms with E-state index >= 15 is 0 Å². The van der Waals surface area contributed by atoms with Crippen LogP contribution in [0.15, 0.2) is 41.5 Å². The molecule has 0 N–H and O–H groups in total. The summed E-state index contributed by atoms with van der Waals surface area (Å²) in [6.45, 7) is 9.05. The van der Waals surface area contributed by atoms with Gasteiger partial charge in [0.1, 0.15) is 0 Å². The van der Waals surface area contributed by atoms with Gasteiger partial charge in [0.15, 0.2) is 0 Å². The van der Waals surface area contributed by atoms with Gasteiger partial charge in [-0.3, -0.25) is 4.90 Å². The summed E-state index contributed by atoms with van der Waals surface area (Å²) in [7, 11) is 0. The smallest absolute Gasteiger partial charge is 0.0352 e. The first-order valence-corrected chi connectivity index (χ1v) is 6.60. The van der Waals surface area contributed by atoms with E-state index in [9.17, 15) is 0 Å². The third kappa shape index (κ3) is 2.98. The van der Waals surface area contributed by atoms with E-state index < -0.39 is 0 Å². The molecule has 1 atom stereocenters. The summed E-state index contributed by atoms with van der Waals surface area (Å²) in [6, 6.07) is 11.6. The van der Waals surface area contributed by atoms with Crippen LogP contribution in [0, 0.1) is 0 Å². The van der Waals surface area contributed by atoms with Crippen molar-refractivity contribution in [2.45, 2.75) is 39.7 Å². The van der Waals surface area contributed by atoms with Gasteiger partial charge >= 0.3 is 0 Å². The van der Waals surface area contributed by atoms with Crippen molar-refractivity contribution in [3.05, 3.63) is 47.0 Å². The second kappa shape index (κ2) is 5.50. The second-order valence-corrected chi connectivity index (χ2v) is 5.32. The Hall–Kier alpha value is -1.08. The summed E-state index contributed by atoms with van der Waals surface area (Å²) < 4.78 is 0. The molecule has 17 heavy (non-hydrogen) atoms. The molecule has 92 valence electrons. The van der Waals surface area contributed by atoms with E-state index in [-0.39, 0.29) is 0 Å². The molecule has 0 unspecified atom stereocenters. The molecule has 1 fully saturated rings. The molecule has 0 aliphatic carbocycles. The van der Waals surface area contributed by atoms with Crippen LogP contribution in [-0.4, -0.2) is 18.0 Å². The van der Waals surface area contributed by atoms with Crippen LogP contribution < -0.4 is 0 Å². The van der Waals surface area contributed by atoms with Gasteiger partial charge < -0.3 is 0 Å². The summed E-state index contributed by atoms with van der Waals surface area (Å²) in [4.78, 5) is 2.62. The molecule has 1 aliphatic heterocycles. The first-order valence-electron chi connectivity index (χ1n) is 6.60. The van der Waals surface area contributed by atoms with Gasteiger partial charge in [0.25, 0.3) is 0 Å². The van der Waals surface area contributed by atoms with Gasteiger partial charge in [-0.15, -0.1) is 0 Å². The molecule has 1 saturated heterocycles. The zero-order valence-corrected chi connectivity index (χ0v) is 11.2. The summed E-state index contributed by atoms with van der Waals surface area (Å²) in [5, 5.41) is 0. The highest BCUT2D eigenvalue weighted by Gasteiger charge is 2.25. The first kappa shape index (κ1) is 12.4. The summed E-state index contributed by atoms with van der Waals surface area (Å²) in [6.07, 6.45) is 2.63. The lowest BCUT2D eigenvalue weighted by Crippen LogP contribution is -2.25. The highest BCUT2D eigenvalue weighted by Crippen LogP contribution is 2.32. The average Bonchev–Trinajstić information content (AvgIpc) is 2.78. The van der Waals surface area contributed by atoms with E-state index in [1.165, 1.54) is 36.1 Å². The molecule has 0 aromatic heterocycles. The number of likely N-dealkylation sites (tertiary alicyclic amines) is 1. The maximum absolute atomic E-state index is 2.62. The van der Waals surface area contributed by atoms with E-state index in [1.54, 1.807) is 0 Å². The van der Waals surface area contributed by atoms with E-state index in [4.69, 9.17) is 0 Å². The maximum Gasteiger partial charge on any atom is 0.0352 e. The lowest BCUT2D eigenvalue weighted by Gasteiger charge is -2.25. The standard InChI is InChI=1S/C16H23N/c1-13(2)14(3)12-17-11-7-10-16(17)15-8-5-4-6-9-15/h4-6,8-9,16H,7,10-12H2,1-3H3/t16-/m0/s1. The molecule has 1 aromatic rings. The number of nitrogens with zero attached hydrogens (tertiary/aromatic N) is 1. The molecular formula is C16H23N. The van der Waals surface area contributed by atoms with Crippen molar-refractivity contribution in [1.29, 1.82) is 0 Å². The summed E-state index contributed by atoms with van der Waals surface area (Å²) in [5.74, 6) is 0. The fraction of sp³-hybridized carbons (Fsp3) is 0.500. The lowest BCUT2D eigenvalue weighted by molar-refractivity contribution is 0.278. The van der Waals surface area contributed by atoms with Crippen LogP contribution in [0.25, 0.3) is 0 Å². The van der Waals surface area contributed by atoms with Crippen LogP contribution in [0.3, 0.4) is 0 Å². The van der Waals surface area contributed by atoms with Gasteiger partial charge in [-0.05, 0) is 45.7 Å². The second-order valence-electron chi connectivity index (χ2n) is 5.32. The van der Waals surface area contributed by atoms with E-state index in [2.05, 4.69) is 56.0 Å². The molecule has 0 saturated carbocycles. The Labute approximate surface area is 105 Å². The number of hydrogen-bond donors (Lipinski definition) is 0. The van der Waals surface area contributed by atoms with E-state index in [1.807, 2.05) is 0 Å². The van der Waals surface area contributed by atoms with Crippen molar-refractivity contribution in [1.82, 2.24) is 4.90 Å². The minimum Gasteiger partial charge on any atom is -0.292 e. The van der Waals surface area contributed by atoms with Crippen molar-refractivity contribution < 1.29 is 0 Å². The minimum absolute atomic E-state index is 0.630. The molecule has 0 amide bonds. The fourth-order valence-corrected chi connectivity index (χ4v) is 2.53. The third-order valence-corrected chi connectivity index (χ3v) is 3.84. The Bertz CT molecular complexity index is 387. The SMILES string of the molecule is CC(C)=C(C)CN1CCC[C@H]1c1ccccc1. The Kier molecular flexibility index (Phi) is 4.01.